The van der Waals surface area contributed by atoms with Gasteiger partial charge in [-0.25, -0.2) is 13.2 Å². The summed E-state index contributed by atoms with van der Waals surface area (Å²) < 4.78 is 38.3. The highest BCUT2D eigenvalue weighted by molar-refractivity contribution is 7.89. The molecule has 4 rings (SSSR count). The highest BCUT2D eigenvalue weighted by atomic mass is 32.2. The summed E-state index contributed by atoms with van der Waals surface area (Å²) in [4.78, 5) is 23.7. The van der Waals surface area contributed by atoms with E-state index in [-0.39, 0.29) is 24.2 Å². The number of sulfonamides is 1. The van der Waals surface area contributed by atoms with Crippen LogP contribution in [0.2, 0.25) is 0 Å². The van der Waals surface area contributed by atoms with Crippen molar-refractivity contribution in [3.63, 3.8) is 0 Å². The Morgan fingerprint density at radius 2 is 1.50 bits per heavy atom. The normalized spacial score (nSPS) is 12.2. The minimum atomic E-state index is -4.00. The molecule has 8 nitrogen and oxygen atoms in total. The maximum Gasteiger partial charge on any atom is 0.379 e. The highest BCUT2D eigenvalue weighted by Crippen LogP contribution is 2.25. The minimum Gasteiger partial charge on any atom is -0.480 e. The van der Waals surface area contributed by atoms with E-state index in [9.17, 15) is 23.1 Å². The molecule has 1 atom stereocenters. The van der Waals surface area contributed by atoms with E-state index in [1.165, 1.54) is 12.1 Å². The molecule has 10 heteroatoms. The molecule has 0 saturated heterocycles. The lowest BCUT2D eigenvalue weighted by Gasteiger charge is -2.18. The van der Waals surface area contributed by atoms with E-state index in [0.29, 0.717) is 11.3 Å². The fourth-order valence-electron chi connectivity index (χ4n) is 3.49. The van der Waals surface area contributed by atoms with Crippen LogP contribution < -0.4 is 9.46 Å². The van der Waals surface area contributed by atoms with E-state index in [4.69, 9.17) is 9.15 Å². The molecule has 0 spiro atoms. The number of rotatable bonds is 8. The number of carbonyl (C=O) groups is 2. The number of hydrogen-bond acceptors (Lipinski definition) is 6. The molecule has 0 aliphatic rings. The van der Waals surface area contributed by atoms with E-state index in [2.05, 4.69) is 4.72 Å². The second kappa shape index (κ2) is 11.0. The molecule has 0 saturated carbocycles. The Kier molecular flexibility index (Phi) is 8.24. The molecule has 0 aliphatic carbocycles. The number of fused-ring (bicyclic) bond motifs is 1. The summed E-state index contributed by atoms with van der Waals surface area (Å²) in [5.41, 5.74) is 2.10. The zero-order valence-electron chi connectivity index (χ0n) is 19.5. The van der Waals surface area contributed by atoms with Crippen LogP contribution in [0, 0.1) is 5.92 Å². The third-order valence-electron chi connectivity index (χ3n) is 5.40. The number of esters is 1. The molecule has 2 N–H and O–H groups in total. The summed E-state index contributed by atoms with van der Waals surface area (Å²) >= 11 is 0. The van der Waals surface area contributed by atoms with E-state index in [1.54, 1.807) is 62.4 Å². The SMILES string of the molecule is CC(C)[C@H](NS(=O)(=O)c1ccc(-c2ccc(OC(=O)c3cc4ccccc4o3)cc2)cc1)C(=O)O.S. The first-order valence-electron chi connectivity index (χ1n) is 10.8. The average molecular weight is 528 g/mol. The maximum atomic E-state index is 12.6. The lowest BCUT2D eigenvalue weighted by Crippen LogP contribution is -2.44. The predicted molar refractivity (Wildman–Crippen MR) is 140 cm³/mol. The topological polar surface area (TPSA) is 123 Å². The number of carbonyl (C=O) groups excluding carboxylic acids is 1. The Balaban J connectivity index is 0.00000361. The van der Waals surface area contributed by atoms with Gasteiger partial charge in [0.15, 0.2) is 0 Å². The molecule has 0 amide bonds. The van der Waals surface area contributed by atoms with Gasteiger partial charge in [-0.05, 0) is 53.4 Å². The van der Waals surface area contributed by atoms with Crippen LogP contribution in [0.15, 0.2) is 88.2 Å². The number of para-hydroxylation sites is 1. The van der Waals surface area contributed by atoms with Crippen molar-refractivity contribution in [2.24, 2.45) is 5.92 Å². The van der Waals surface area contributed by atoms with Crippen LogP contribution in [-0.4, -0.2) is 31.5 Å². The van der Waals surface area contributed by atoms with Crippen molar-refractivity contribution in [3.05, 3.63) is 84.6 Å². The number of carboxylic acid groups (broad SMARTS) is 1. The summed E-state index contributed by atoms with van der Waals surface area (Å²) in [6, 6.07) is 20.5. The predicted octanol–water partition coefficient (Wildman–Crippen LogP) is 4.82. The van der Waals surface area contributed by atoms with E-state index in [0.717, 1.165) is 16.5 Å². The Labute approximate surface area is 215 Å². The van der Waals surface area contributed by atoms with E-state index in [1.807, 2.05) is 18.2 Å². The number of ether oxygens (including phenoxy) is 1. The molecule has 0 bridgehead atoms. The molecule has 0 fully saturated rings. The molecular weight excluding hydrogens is 502 g/mol. The molecule has 0 unspecified atom stereocenters. The maximum absolute atomic E-state index is 12.6. The van der Waals surface area contributed by atoms with Gasteiger partial charge >= 0.3 is 11.9 Å². The highest BCUT2D eigenvalue weighted by Gasteiger charge is 2.28. The van der Waals surface area contributed by atoms with Crippen molar-refractivity contribution in [2.45, 2.75) is 24.8 Å². The van der Waals surface area contributed by atoms with Gasteiger partial charge in [-0.1, -0.05) is 56.3 Å². The number of benzene rings is 3. The average Bonchev–Trinajstić information content (AvgIpc) is 3.27. The van der Waals surface area contributed by atoms with Crippen LogP contribution >= 0.6 is 13.5 Å². The Morgan fingerprint density at radius 1 is 0.917 bits per heavy atom. The first-order valence-corrected chi connectivity index (χ1v) is 12.3. The standard InChI is InChI=1S/C26H23NO7S.H2S/c1-16(2)24(25(28)29)27-35(31,32)21-13-9-18(10-14-21)17-7-11-20(12-8-17)33-26(30)23-15-19-5-3-4-6-22(19)34-23;/h3-16,24,27H,1-2H3,(H,28,29);1H2/t24-;/m0./s1. The van der Waals surface area contributed by atoms with Crippen LogP contribution in [-0.2, 0) is 14.8 Å². The molecule has 1 aromatic heterocycles. The Bertz CT molecular complexity index is 1440. The van der Waals surface area contributed by atoms with Crippen LogP contribution in [0.1, 0.15) is 24.4 Å². The van der Waals surface area contributed by atoms with Gasteiger partial charge in [-0.2, -0.15) is 18.2 Å². The number of nitrogens with one attached hydrogen (secondary N) is 1. The number of aliphatic carboxylic acids is 1. The van der Waals surface area contributed by atoms with Crippen LogP contribution in [0.25, 0.3) is 22.1 Å². The van der Waals surface area contributed by atoms with Gasteiger partial charge in [0.2, 0.25) is 15.8 Å². The summed E-state index contributed by atoms with van der Waals surface area (Å²) in [7, 11) is -4.00. The van der Waals surface area contributed by atoms with Gasteiger partial charge in [0.05, 0.1) is 4.90 Å². The van der Waals surface area contributed by atoms with Gasteiger partial charge in [0.25, 0.3) is 0 Å². The number of hydrogen-bond donors (Lipinski definition) is 2. The number of carboxylic acids is 1. The van der Waals surface area contributed by atoms with Crippen LogP contribution in [0.3, 0.4) is 0 Å². The summed E-state index contributed by atoms with van der Waals surface area (Å²) in [6.45, 7) is 3.25. The molecule has 4 aromatic rings. The first kappa shape index (κ1) is 27.0. The molecule has 1 heterocycles. The van der Waals surface area contributed by atoms with Gasteiger partial charge in [0, 0.05) is 5.39 Å². The molecular formula is C26H25NO7S2. The third-order valence-corrected chi connectivity index (χ3v) is 6.86. The molecule has 36 heavy (non-hydrogen) atoms. The second-order valence-corrected chi connectivity index (χ2v) is 9.98. The first-order chi connectivity index (χ1) is 16.6. The zero-order valence-corrected chi connectivity index (χ0v) is 21.3. The van der Waals surface area contributed by atoms with Crippen molar-refractivity contribution in [1.82, 2.24) is 4.72 Å². The largest absolute Gasteiger partial charge is 0.480 e. The minimum absolute atomic E-state index is 0. The van der Waals surface area contributed by atoms with E-state index < -0.39 is 33.9 Å². The van der Waals surface area contributed by atoms with Crippen LogP contribution in [0.4, 0.5) is 0 Å². The second-order valence-electron chi connectivity index (χ2n) is 8.27. The molecule has 3 aromatic carbocycles. The Hall–Kier alpha value is -3.60. The quantitative estimate of drug-likeness (QED) is 0.249. The van der Waals surface area contributed by atoms with Crippen LogP contribution in [0.5, 0.6) is 5.75 Å². The summed E-state index contributed by atoms with van der Waals surface area (Å²) in [5, 5.41) is 10.1. The van der Waals surface area contributed by atoms with Crippen molar-refractivity contribution in [1.29, 1.82) is 0 Å². The summed E-state index contributed by atoms with van der Waals surface area (Å²) in [5.74, 6) is -1.83. The molecule has 188 valence electrons. The van der Waals surface area contributed by atoms with Gasteiger partial charge in [-0.3, -0.25) is 4.79 Å². The summed E-state index contributed by atoms with van der Waals surface area (Å²) in [6.07, 6.45) is 0. The lowest BCUT2D eigenvalue weighted by molar-refractivity contribution is -0.140. The fraction of sp³-hybridized carbons (Fsp3) is 0.154. The van der Waals surface area contributed by atoms with Crippen molar-refractivity contribution in [3.8, 4) is 16.9 Å². The number of furan rings is 1. The van der Waals surface area contributed by atoms with E-state index >= 15 is 0 Å². The van der Waals surface area contributed by atoms with Crippen molar-refractivity contribution >= 4 is 46.4 Å². The zero-order chi connectivity index (χ0) is 25.2. The fourth-order valence-corrected chi connectivity index (χ4v) is 4.83. The smallest absolute Gasteiger partial charge is 0.379 e. The molecule has 0 aliphatic heterocycles. The lowest BCUT2D eigenvalue weighted by atomic mass is 10.1. The van der Waals surface area contributed by atoms with Gasteiger partial charge < -0.3 is 14.3 Å². The van der Waals surface area contributed by atoms with Gasteiger partial charge in [0.1, 0.15) is 17.4 Å². The third kappa shape index (κ3) is 5.96. The van der Waals surface area contributed by atoms with Crippen molar-refractivity contribution < 1.29 is 32.3 Å². The van der Waals surface area contributed by atoms with Crippen molar-refractivity contribution in [2.75, 3.05) is 0 Å². The molecule has 0 radical (unpaired) electrons. The van der Waals surface area contributed by atoms with Gasteiger partial charge in [-0.15, -0.1) is 0 Å². The Morgan fingerprint density at radius 3 is 2.06 bits per heavy atom. The monoisotopic (exact) mass is 527 g/mol.